The van der Waals surface area contributed by atoms with E-state index in [4.69, 9.17) is 0 Å². The van der Waals surface area contributed by atoms with Crippen molar-refractivity contribution in [3.05, 3.63) is 29.8 Å². The number of nitrogens with one attached hydrogen (secondary N) is 2. The molecule has 6 heteroatoms. The summed E-state index contributed by atoms with van der Waals surface area (Å²) in [5, 5.41) is 12.5. The monoisotopic (exact) mass is 214 g/mol. The maximum atomic E-state index is 11.5. The number of H-pyrrole nitrogens is 1. The van der Waals surface area contributed by atoms with Crippen molar-refractivity contribution in [3.63, 3.8) is 0 Å². The van der Waals surface area contributed by atoms with Crippen LogP contribution in [0.3, 0.4) is 0 Å². The highest BCUT2D eigenvalue weighted by Crippen LogP contribution is 2.24. The van der Waals surface area contributed by atoms with Gasteiger partial charge in [-0.15, -0.1) is 0 Å². The van der Waals surface area contributed by atoms with Gasteiger partial charge in [-0.05, 0) is 6.07 Å². The molecule has 1 aliphatic rings. The molecule has 1 aromatic carbocycles. The van der Waals surface area contributed by atoms with Crippen LogP contribution in [0.4, 0.5) is 0 Å². The van der Waals surface area contributed by atoms with Crippen LogP contribution < -0.4 is 5.32 Å². The van der Waals surface area contributed by atoms with Crippen molar-refractivity contribution < 1.29 is 9.59 Å². The van der Waals surface area contributed by atoms with Gasteiger partial charge < -0.3 is 0 Å². The Morgan fingerprint density at radius 1 is 1.12 bits per heavy atom. The van der Waals surface area contributed by atoms with Crippen LogP contribution >= 0.6 is 0 Å². The van der Waals surface area contributed by atoms with Crippen molar-refractivity contribution in [1.29, 1.82) is 0 Å². The quantitative estimate of drug-likeness (QED) is 0.654. The fraction of sp³-hybridized carbons (Fsp3) is 0. The van der Waals surface area contributed by atoms with Crippen molar-refractivity contribution >= 4 is 28.4 Å². The first-order chi connectivity index (χ1) is 7.75. The molecule has 0 radical (unpaired) electrons. The Hall–Kier alpha value is -2.50. The number of imide groups is 1. The molecule has 0 atom stereocenters. The highest BCUT2D eigenvalue weighted by molar-refractivity contribution is 6.34. The fourth-order valence-corrected chi connectivity index (χ4v) is 1.70. The van der Waals surface area contributed by atoms with Crippen LogP contribution in [0.15, 0.2) is 24.3 Å². The minimum Gasteiger partial charge on any atom is -0.289 e. The van der Waals surface area contributed by atoms with E-state index in [0.717, 1.165) is 0 Å². The van der Waals surface area contributed by atoms with Gasteiger partial charge >= 0.3 is 0 Å². The van der Waals surface area contributed by atoms with Gasteiger partial charge in [0, 0.05) is 11.6 Å². The second-order valence-electron chi connectivity index (χ2n) is 3.37. The number of benzene rings is 1. The zero-order valence-corrected chi connectivity index (χ0v) is 8.02. The van der Waals surface area contributed by atoms with Gasteiger partial charge in [-0.3, -0.25) is 14.9 Å². The molecule has 0 bridgehead atoms. The molecule has 6 nitrogen and oxygen atoms in total. The molecule has 2 N–H and O–H groups in total. The third kappa shape index (κ3) is 1.13. The predicted octanol–water partition coefficient (Wildman–Crippen LogP) is -0.00230. The second-order valence-corrected chi connectivity index (χ2v) is 3.37. The van der Waals surface area contributed by atoms with Crippen molar-refractivity contribution in [2.24, 2.45) is 0 Å². The number of carbonyl (C=O) groups excluding carboxylic acids is 2. The second kappa shape index (κ2) is 2.99. The van der Waals surface area contributed by atoms with Crippen molar-refractivity contribution in [2.75, 3.05) is 0 Å². The van der Waals surface area contributed by atoms with Crippen molar-refractivity contribution in [2.45, 2.75) is 0 Å². The normalized spacial score (nSPS) is 15.4. The van der Waals surface area contributed by atoms with Crippen LogP contribution in [0.5, 0.6) is 0 Å². The molecule has 1 aromatic heterocycles. The van der Waals surface area contributed by atoms with Gasteiger partial charge in [-0.2, -0.15) is 15.4 Å². The third-order valence-electron chi connectivity index (χ3n) is 2.39. The number of fused-ring (bicyclic) bond motifs is 1. The Labute approximate surface area is 89.3 Å². The molecule has 3 rings (SSSR count). The summed E-state index contributed by atoms with van der Waals surface area (Å²) in [6, 6.07) is 5.27. The summed E-state index contributed by atoms with van der Waals surface area (Å²) in [6.07, 6.45) is 1.27. The Bertz CT molecular complexity index is 641. The maximum absolute atomic E-state index is 11.5. The Balaban J connectivity index is 2.27. The fourth-order valence-electron chi connectivity index (χ4n) is 1.70. The minimum absolute atomic E-state index is 0.324. The van der Waals surface area contributed by atoms with Crippen molar-refractivity contribution in [3.8, 4) is 0 Å². The number of aromatic amines is 1. The van der Waals surface area contributed by atoms with E-state index in [1.54, 1.807) is 18.2 Å². The molecule has 0 fully saturated rings. The van der Waals surface area contributed by atoms with Crippen LogP contribution in [0.1, 0.15) is 5.56 Å². The molecular formula is C10H6N4O2. The van der Waals surface area contributed by atoms with Gasteiger partial charge in [-0.25, -0.2) is 0 Å². The number of para-hydroxylation sites is 1. The summed E-state index contributed by atoms with van der Waals surface area (Å²) in [4.78, 5) is 22.6. The van der Waals surface area contributed by atoms with E-state index in [0.29, 0.717) is 22.2 Å². The SMILES string of the molecule is O=C1C=C(c2cccc3n[nH]nc23)C(=O)N1. The number of aromatic nitrogens is 3. The van der Waals surface area contributed by atoms with Gasteiger partial charge in [0.15, 0.2) is 0 Å². The lowest BCUT2D eigenvalue weighted by Crippen LogP contribution is -2.21. The van der Waals surface area contributed by atoms with Crippen LogP contribution in [-0.2, 0) is 9.59 Å². The molecule has 2 amide bonds. The average molecular weight is 214 g/mol. The highest BCUT2D eigenvalue weighted by atomic mass is 16.2. The first-order valence-corrected chi connectivity index (χ1v) is 4.62. The van der Waals surface area contributed by atoms with Gasteiger partial charge in [0.2, 0.25) is 0 Å². The molecule has 1 aliphatic heterocycles. The largest absolute Gasteiger partial charge is 0.289 e. The van der Waals surface area contributed by atoms with E-state index in [-0.39, 0.29) is 0 Å². The summed E-state index contributed by atoms with van der Waals surface area (Å²) in [5.74, 6) is -0.805. The number of carbonyl (C=O) groups is 2. The summed E-state index contributed by atoms with van der Waals surface area (Å²) in [6.45, 7) is 0. The van der Waals surface area contributed by atoms with Gasteiger partial charge in [0.25, 0.3) is 11.8 Å². The molecule has 2 heterocycles. The molecule has 16 heavy (non-hydrogen) atoms. The molecule has 0 saturated heterocycles. The minimum atomic E-state index is -0.402. The molecule has 0 unspecified atom stereocenters. The van der Waals surface area contributed by atoms with E-state index in [1.165, 1.54) is 6.08 Å². The smallest absolute Gasteiger partial charge is 0.258 e. The van der Waals surface area contributed by atoms with E-state index >= 15 is 0 Å². The molecular weight excluding hydrogens is 208 g/mol. The molecule has 0 aliphatic carbocycles. The van der Waals surface area contributed by atoms with E-state index < -0.39 is 11.8 Å². The van der Waals surface area contributed by atoms with Gasteiger partial charge in [-0.1, -0.05) is 12.1 Å². The number of nitrogens with zero attached hydrogens (tertiary/aromatic N) is 2. The number of hydrogen-bond acceptors (Lipinski definition) is 4. The predicted molar refractivity (Wildman–Crippen MR) is 55.0 cm³/mol. The van der Waals surface area contributed by atoms with Crippen LogP contribution in [0.25, 0.3) is 16.6 Å². The molecule has 2 aromatic rings. The first-order valence-electron chi connectivity index (χ1n) is 4.62. The summed E-state index contributed by atoms with van der Waals surface area (Å²) in [5.41, 5.74) is 2.17. The average Bonchev–Trinajstić information content (AvgIpc) is 2.84. The number of hydrogen-bond donors (Lipinski definition) is 2. The van der Waals surface area contributed by atoms with Crippen LogP contribution in [0, 0.1) is 0 Å². The van der Waals surface area contributed by atoms with Gasteiger partial charge in [0.05, 0.1) is 5.57 Å². The summed E-state index contributed by atoms with van der Waals surface area (Å²) in [7, 11) is 0. The number of amides is 2. The zero-order valence-electron chi connectivity index (χ0n) is 8.02. The lowest BCUT2D eigenvalue weighted by molar-refractivity contribution is -0.123. The molecule has 0 saturated carbocycles. The standard InChI is InChI=1S/C10H6N4O2/c15-8-4-6(10(16)11-8)5-2-1-3-7-9(5)13-14-12-7/h1-4H,(H,11,15,16)(H,12,13,14). The van der Waals surface area contributed by atoms with Crippen LogP contribution in [0.2, 0.25) is 0 Å². The summed E-state index contributed by atoms with van der Waals surface area (Å²) < 4.78 is 0. The van der Waals surface area contributed by atoms with Gasteiger partial charge in [0.1, 0.15) is 11.0 Å². The topological polar surface area (TPSA) is 87.7 Å². The highest BCUT2D eigenvalue weighted by Gasteiger charge is 2.24. The van der Waals surface area contributed by atoms with Crippen LogP contribution in [-0.4, -0.2) is 27.2 Å². The van der Waals surface area contributed by atoms with E-state index in [1.807, 2.05) is 0 Å². The zero-order chi connectivity index (χ0) is 11.1. The lowest BCUT2D eigenvalue weighted by atomic mass is 10.0. The third-order valence-corrected chi connectivity index (χ3v) is 2.39. The Kier molecular flexibility index (Phi) is 1.64. The maximum Gasteiger partial charge on any atom is 0.258 e. The molecule has 78 valence electrons. The Morgan fingerprint density at radius 3 is 2.75 bits per heavy atom. The Morgan fingerprint density at radius 2 is 2.00 bits per heavy atom. The molecule has 0 spiro atoms. The number of rotatable bonds is 1. The first kappa shape index (κ1) is 8.78. The lowest BCUT2D eigenvalue weighted by Gasteiger charge is -1.99. The van der Waals surface area contributed by atoms with E-state index in [9.17, 15) is 9.59 Å². The summed E-state index contributed by atoms with van der Waals surface area (Å²) >= 11 is 0. The van der Waals surface area contributed by atoms with E-state index in [2.05, 4.69) is 20.7 Å². The van der Waals surface area contributed by atoms with Crippen molar-refractivity contribution in [1.82, 2.24) is 20.7 Å².